The van der Waals surface area contributed by atoms with Crippen LogP contribution in [0.1, 0.15) is 29.5 Å². The Kier molecular flexibility index (Phi) is 5.76. The van der Waals surface area contributed by atoms with Crippen LogP contribution in [0.3, 0.4) is 0 Å². The summed E-state index contributed by atoms with van der Waals surface area (Å²) >= 11 is 6.09. The topological polar surface area (TPSA) is 83.6 Å². The average Bonchev–Trinajstić information content (AvgIpc) is 3.05. The van der Waals surface area contributed by atoms with Gasteiger partial charge in [0.1, 0.15) is 6.04 Å². The molecule has 6 nitrogen and oxygen atoms in total. The number of sulfonamides is 1. The maximum Gasteiger partial charge on any atom is 0.267 e. The summed E-state index contributed by atoms with van der Waals surface area (Å²) in [6, 6.07) is 10.7. The monoisotopic (exact) mass is 420 g/mol. The fourth-order valence-electron chi connectivity index (χ4n) is 3.13. The minimum atomic E-state index is -4.12. The van der Waals surface area contributed by atoms with E-state index in [9.17, 15) is 18.0 Å². The Morgan fingerprint density at radius 3 is 2.57 bits per heavy atom. The van der Waals surface area contributed by atoms with E-state index >= 15 is 0 Å². The average molecular weight is 421 g/mol. The van der Waals surface area contributed by atoms with Gasteiger partial charge in [0.2, 0.25) is 11.8 Å². The molecule has 0 saturated carbocycles. The molecular formula is C20H21ClN2O4S. The minimum Gasteiger partial charge on any atom is -0.350 e. The number of carbonyl (C=O) groups is 2. The van der Waals surface area contributed by atoms with Crippen LogP contribution in [0.2, 0.25) is 5.02 Å². The highest BCUT2D eigenvalue weighted by Gasteiger charge is 2.44. The molecule has 0 aliphatic carbocycles. The fraction of sp³-hybridized carbons (Fsp3) is 0.300. The number of hydrogen-bond donors (Lipinski definition) is 1. The fourth-order valence-corrected chi connectivity index (χ4v) is 5.02. The van der Waals surface area contributed by atoms with E-state index in [1.807, 2.05) is 6.92 Å². The molecule has 1 aliphatic rings. The highest BCUT2D eigenvalue weighted by molar-refractivity contribution is 7.89. The van der Waals surface area contributed by atoms with Crippen molar-refractivity contribution in [1.29, 1.82) is 0 Å². The molecule has 0 aromatic heterocycles. The molecule has 0 bridgehead atoms. The number of aryl methyl sites for hydroxylation is 2. The molecule has 28 heavy (non-hydrogen) atoms. The highest BCUT2D eigenvalue weighted by atomic mass is 35.5. The van der Waals surface area contributed by atoms with E-state index in [2.05, 4.69) is 5.32 Å². The second kappa shape index (κ2) is 7.93. The van der Waals surface area contributed by atoms with Crippen molar-refractivity contribution in [2.24, 2.45) is 0 Å². The first-order chi connectivity index (χ1) is 13.2. The van der Waals surface area contributed by atoms with Crippen molar-refractivity contribution in [3.05, 3.63) is 64.2 Å². The lowest BCUT2D eigenvalue weighted by Gasteiger charge is -2.24. The number of benzene rings is 2. The number of amides is 2. The maximum absolute atomic E-state index is 13.1. The minimum absolute atomic E-state index is 0.00819. The van der Waals surface area contributed by atoms with Crippen molar-refractivity contribution < 1.29 is 18.0 Å². The molecule has 2 aromatic rings. The lowest BCUT2D eigenvalue weighted by Crippen LogP contribution is -2.47. The van der Waals surface area contributed by atoms with Crippen molar-refractivity contribution in [2.75, 3.05) is 0 Å². The lowest BCUT2D eigenvalue weighted by molar-refractivity contribution is -0.130. The molecule has 1 aliphatic heterocycles. The van der Waals surface area contributed by atoms with Crippen LogP contribution >= 0.6 is 11.6 Å². The van der Waals surface area contributed by atoms with Gasteiger partial charge in [-0.3, -0.25) is 9.59 Å². The van der Waals surface area contributed by atoms with Crippen LogP contribution < -0.4 is 5.32 Å². The zero-order chi connectivity index (χ0) is 20.5. The number of nitrogens with zero attached hydrogens (tertiary/aromatic N) is 1. The van der Waals surface area contributed by atoms with Gasteiger partial charge in [0.15, 0.2) is 0 Å². The quantitative estimate of drug-likeness (QED) is 0.806. The summed E-state index contributed by atoms with van der Waals surface area (Å²) in [7, 11) is -4.12. The van der Waals surface area contributed by atoms with E-state index in [1.54, 1.807) is 37.3 Å². The third-order valence-electron chi connectivity index (χ3n) is 4.91. The Bertz CT molecular complexity index is 1040. The third kappa shape index (κ3) is 3.91. The van der Waals surface area contributed by atoms with Gasteiger partial charge in [0.05, 0.1) is 4.90 Å². The first kappa shape index (κ1) is 20.4. The summed E-state index contributed by atoms with van der Waals surface area (Å²) in [5.74, 6) is -1.09. The Morgan fingerprint density at radius 2 is 1.89 bits per heavy atom. The molecule has 1 N–H and O–H groups in total. The van der Waals surface area contributed by atoms with E-state index in [-0.39, 0.29) is 24.3 Å². The maximum atomic E-state index is 13.1. The molecule has 0 unspecified atom stereocenters. The van der Waals surface area contributed by atoms with Crippen molar-refractivity contribution in [3.63, 3.8) is 0 Å². The van der Waals surface area contributed by atoms with Crippen LogP contribution in [0, 0.1) is 13.8 Å². The summed E-state index contributed by atoms with van der Waals surface area (Å²) < 4.78 is 26.8. The first-order valence-electron chi connectivity index (χ1n) is 8.87. The Morgan fingerprint density at radius 1 is 1.18 bits per heavy atom. The number of carbonyl (C=O) groups excluding carboxylic acids is 2. The van der Waals surface area contributed by atoms with Crippen molar-refractivity contribution >= 4 is 33.4 Å². The molecule has 148 valence electrons. The molecule has 1 atom stereocenters. The Balaban J connectivity index is 1.83. The molecular weight excluding hydrogens is 400 g/mol. The van der Waals surface area contributed by atoms with Crippen LogP contribution in [-0.2, 0) is 26.2 Å². The van der Waals surface area contributed by atoms with E-state index in [0.29, 0.717) is 10.6 Å². The van der Waals surface area contributed by atoms with Gasteiger partial charge in [-0.2, -0.15) is 0 Å². The number of rotatable bonds is 5. The van der Waals surface area contributed by atoms with Crippen molar-refractivity contribution in [1.82, 2.24) is 9.62 Å². The number of halogens is 1. The number of nitrogens with one attached hydrogen (secondary N) is 1. The predicted octanol–water partition coefficient (Wildman–Crippen LogP) is 2.95. The van der Waals surface area contributed by atoms with Crippen LogP contribution in [0.5, 0.6) is 0 Å². The van der Waals surface area contributed by atoms with Gasteiger partial charge in [-0.1, -0.05) is 35.9 Å². The smallest absolute Gasteiger partial charge is 0.267 e. The molecule has 1 saturated heterocycles. The lowest BCUT2D eigenvalue weighted by atomic mass is 10.1. The van der Waals surface area contributed by atoms with E-state index in [4.69, 9.17) is 11.6 Å². The zero-order valence-corrected chi connectivity index (χ0v) is 17.2. The molecule has 0 spiro atoms. The zero-order valence-electron chi connectivity index (χ0n) is 15.6. The second-order valence-corrected chi connectivity index (χ2v) is 9.03. The van der Waals surface area contributed by atoms with Gasteiger partial charge in [-0.15, -0.1) is 0 Å². The van der Waals surface area contributed by atoms with Crippen molar-refractivity contribution in [3.8, 4) is 0 Å². The van der Waals surface area contributed by atoms with Gasteiger partial charge < -0.3 is 5.32 Å². The van der Waals surface area contributed by atoms with E-state index in [0.717, 1.165) is 15.4 Å². The van der Waals surface area contributed by atoms with Crippen LogP contribution in [0.25, 0.3) is 0 Å². The standard InChI is InChI=1S/C20H21ClN2O4S/c1-13-7-8-16(11-14(13)2)28(26,27)23-18(9-10-19(23)24)20(25)22-12-15-5-3-4-6-17(15)21/h3-8,11,18H,9-10,12H2,1-2H3,(H,22,25)/t18-/m1/s1. The van der Waals surface area contributed by atoms with E-state index in [1.165, 1.54) is 12.1 Å². The summed E-state index contributed by atoms with van der Waals surface area (Å²) in [6.07, 6.45) is 0.158. The summed E-state index contributed by atoms with van der Waals surface area (Å²) in [4.78, 5) is 25.0. The number of hydrogen-bond acceptors (Lipinski definition) is 4. The third-order valence-corrected chi connectivity index (χ3v) is 7.10. The van der Waals surface area contributed by atoms with E-state index < -0.39 is 27.9 Å². The van der Waals surface area contributed by atoms with Crippen LogP contribution in [-0.4, -0.2) is 30.6 Å². The first-order valence-corrected chi connectivity index (χ1v) is 10.7. The Labute approximate surface area is 169 Å². The molecule has 2 aromatic carbocycles. The van der Waals surface area contributed by atoms with Crippen molar-refractivity contribution in [2.45, 2.75) is 44.2 Å². The highest BCUT2D eigenvalue weighted by Crippen LogP contribution is 2.28. The van der Waals surface area contributed by atoms with Gasteiger partial charge >= 0.3 is 0 Å². The predicted molar refractivity (Wildman–Crippen MR) is 106 cm³/mol. The molecule has 0 radical (unpaired) electrons. The summed E-state index contributed by atoms with van der Waals surface area (Å²) in [5, 5.41) is 3.20. The molecule has 8 heteroatoms. The molecule has 1 heterocycles. The molecule has 2 amide bonds. The molecule has 3 rings (SSSR count). The van der Waals surface area contributed by atoms with Crippen LogP contribution in [0.15, 0.2) is 47.4 Å². The Hall–Kier alpha value is -2.38. The second-order valence-electron chi connectivity index (χ2n) is 6.80. The summed E-state index contributed by atoms with van der Waals surface area (Å²) in [6.45, 7) is 3.83. The normalized spacial score (nSPS) is 17.0. The summed E-state index contributed by atoms with van der Waals surface area (Å²) in [5.41, 5.74) is 2.46. The largest absolute Gasteiger partial charge is 0.350 e. The molecule has 1 fully saturated rings. The van der Waals surface area contributed by atoms with Gasteiger partial charge in [0, 0.05) is 18.0 Å². The van der Waals surface area contributed by atoms with Gasteiger partial charge in [-0.25, -0.2) is 12.7 Å². The van der Waals surface area contributed by atoms with Gasteiger partial charge in [-0.05, 0) is 55.2 Å². The SMILES string of the molecule is Cc1ccc(S(=O)(=O)N2C(=O)CC[C@@H]2C(=O)NCc2ccccc2Cl)cc1C. The van der Waals surface area contributed by atoms with Crippen LogP contribution in [0.4, 0.5) is 0 Å². The van der Waals surface area contributed by atoms with Gasteiger partial charge in [0.25, 0.3) is 10.0 Å².